The van der Waals surface area contributed by atoms with E-state index in [0.29, 0.717) is 35.7 Å². The van der Waals surface area contributed by atoms with Gasteiger partial charge in [0, 0.05) is 42.9 Å². The Morgan fingerprint density at radius 3 is 2.85 bits per heavy atom. The maximum Gasteiger partial charge on any atom is 0.290 e. The second kappa shape index (κ2) is 5.70. The van der Waals surface area contributed by atoms with E-state index >= 15 is 0 Å². The van der Waals surface area contributed by atoms with Crippen molar-refractivity contribution in [2.24, 2.45) is 0 Å². The smallest absolute Gasteiger partial charge is 0.290 e. The van der Waals surface area contributed by atoms with E-state index in [-0.39, 0.29) is 12.1 Å². The van der Waals surface area contributed by atoms with Crippen molar-refractivity contribution in [3.05, 3.63) is 23.7 Å². The van der Waals surface area contributed by atoms with Crippen LogP contribution < -0.4 is 10.2 Å². The summed E-state index contributed by atoms with van der Waals surface area (Å²) in [5, 5.41) is 7.80. The third-order valence-electron chi connectivity index (χ3n) is 5.89. The molecule has 0 unspecified atom stereocenters. The molecule has 5 rings (SSSR count). The molecule has 8 heteroatoms. The molecule has 2 atom stereocenters. The highest BCUT2D eigenvalue weighted by Gasteiger charge is 2.44. The Bertz CT molecular complexity index is 842. The lowest BCUT2D eigenvalue weighted by Gasteiger charge is -2.39. The first kappa shape index (κ1) is 16.1. The fourth-order valence-electron chi connectivity index (χ4n) is 4.12. The third kappa shape index (κ3) is 2.42. The van der Waals surface area contributed by atoms with Crippen LogP contribution in [0.5, 0.6) is 0 Å². The summed E-state index contributed by atoms with van der Waals surface area (Å²) in [4.78, 5) is 11.0. The summed E-state index contributed by atoms with van der Waals surface area (Å²) in [6, 6.07) is 0.609. The normalized spacial score (nSPS) is 26.8. The fourth-order valence-corrected chi connectivity index (χ4v) is 4.12. The van der Waals surface area contributed by atoms with Gasteiger partial charge in [-0.05, 0) is 32.7 Å². The highest BCUT2D eigenvalue weighted by Crippen LogP contribution is 2.44. The molecular weight excluding hydrogens is 338 g/mol. The highest BCUT2D eigenvalue weighted by molar-refractivity contribution is 5.66. The Kier molecular flexibility index (Phi) is 3.53. The van der Waals surface area contributed by atoms with Crippen LogP contribution in [-0.2, 0) is 12.3 Å². The molecule has 6 nitrogen and oxygen atoms in total. The van der Waals surface area contributed by atoms with Crippen molar-refractivity contribution in [2.75, 3.05) is 24.5 Å². The Morgan fingerprint density at radius 1 is 1.27 bits per heavy atom. The Balaban J connectivity index is 1.59. The number of hydrogen-bond donors (Lipinski definition) is 1. The predicted octanol–water partition coefficient (Wildman–Crippen LogP) is 2.51. The molecule has 4 heterocycles. The van der Waals surface area contributed by atoms with Crippen LogP contribution in [-0.4, -0.2) is 45.4 Å². The summed E-state index contributed by atoms with van der Waals surface area (Å²) in [6.45, 7) is 4.75. The van der Waals surface area contributed by atoms with E-state index in [1.54, 1.807) is 6.20 Å². The summed E-state index contributed by atoms with van der Waals surface area (Å²) in [5.41, 5.74) is 1.92. The lowest BCUT2D eigenvalue weighted by molar-refractivity contribution is -0.00595. The topological polar surface area (TPSA) is 58.9 Å². The van der Waals surface area contributed by atoms with E-state index in [0.717, 1.165) is 38.0 Å². The summed E-state index contributed by atoms with van der Waals surface area (Å²) in [5.74, 6) is -2.45. The van der Waals surface area contributed by atoms with Gasteiger partial charge >= 0.3 is 0 Å². The first-order valence-corrected chi connectivity index (χ1v) is 9.34. The number of anilines is 1. The van der Waals surface area contributed by atoms with Crippen LogP contribution in [0.4, 0.5) is 14.7 Å². The van der Waals surface area contributed by atoms with Crippen molar-refractivity contribution in [1.29, 1.82) is 0 Å². The molecule has 2 aromatic heterocycles. The van der Waals surface area contributed by atoms with Gasteiger partial charge in [0.05, 0.1) is 17.9 Å². The van der Waals surface area contributed by atoms with Crippen molar-refractivity contribution >= 4 is 5.95 Å². The number of halogens is 2. The monoisotopic (exact) mass is 360 g/mol. The van der Waals surface area contributed by atoms with Crippen molar-refractivity contribution < 1.29 is 8.78 Å². The van der Waals surface area contributed by atoms with Crippen molar-refractivity contribution in [3.8, 4) is 11.3 Å². The maximum atomic E-state index is 14.4. The average Bonchev–Trinajstić information content (AvgIpc) is 3.33. The minimum Gasteiger partial charge on any atom is -0.338 e. The Hall–Kier alpha value is -2.09. The van der Waals surface area contributed by atoms with E-state index in [4.69, 9.17) is 4.98 Å². The van der Waals surface area contributed by atoms with Gasteiger partial charge in [0.15, 0.2) is 0 Å². The molecule has 1 aliphatic carbocycles. The molecule has 2 aromatic rings. The largest absolute Gasteiger partial charge is 0.338 e. The van der Waals surface area contributed by atoms with Crippen LogP contribution in [0.15, 0.2) is 12.4 Å². The zero-order valence-corrected chi connectivity index (χ0v) is 14.8. The Labute approximate surface area is 150 Å². The molecule has 0 aromatic carbocycles. The SMILES string of the molecule is C[C@H]1CCN1c1nc(-c2cnn([C@H]3CCNC3)c2)c2c(n1)C(F)(F)CC2. The number of hydrogen-bond acceptors (Lipinski definition) is 5. The molecule has 26 heavy (non-hydrogen) atoms. The molecule has 0 amide bonds. The van der Waals surface area contributed by atoms with E-state index in [2.05, 4.69) is 22.3 Å². The zero-order valence-electron chi connectivity index (χ0n) is 14.8. The fraction of sp³-hybridized carbons (Fsp3) is 0.611. The highest BCUT2D eigenvalue weighted by atomic mass is 19.3. The molecule has 0 spiro atoms. The van der Waals surface area contributed by atoms with Crippen LogP contribution in [0.3, 0.4) is 0 Å². The second-order valence-corrected chi connectivity index (χ2v) is 7.59. The van der Waals surface area contributed by atoms with Crippen molar-refractivity contribution in [2.45, 2.75) is 50.6 Å². The van der Waals surface area contributed by atoms with E-state index in [1.165, 1.54) is 0 Å². The molecule has 1 N–H and O–H groups in total. The van der Waals surface area contributed by atoms with Crippen molar-refractivity contribution in [1.82, 2.24) is 25.1 Å². The van der Waals surface area contributed by atoms with Gasteiger partial charge in [0.2, 0.25) is 5.95 Å². The summed E-state index contributed by atoms with van der Waals surface area (Å²) < 4.78 is 30.8. The van der Waals surface area contributed by atoms with Gasteiger partial charge in [-0.3, -0.25) is 4.68 Å². The van der Waals surface area contributed by atoms with E-state index < -0.39 is 5.92 Å². The molecule has 2 saturated heterocycles. The summed E-state index contributed by atoms with van der Waals surface area (Å²) >= 11 is 0. The number of rotatable bonds is 3. The number of fused-ring (bicyclic) bond motifs is 1. The minimum atomic E-state index is -2.87. The van der Waals surface area contributed by atoms with Crippen LogP contribution in [0.2, 0.25) is 0 Å². The number of alkyl halides is 2. The molecule has 0 bridgehead atoms. The van der Waals surface area contributed by atoms with Gasteiger partial charge < -0.3 is 10.2 Å². The van der Waals surface area contributed by atoms with Crippen LogP contribution in [0, 0.1) is 0 Å². The van der Waals surface area contributed by atoms with Gasteiger partial charge in [0.1, 0.15) is 5.69 Å². The van der Waals surface area contributed by atoms with Crippen LogP contribution in [0.25, 0.3) is 11.3 Å². The second-order valence-electron chi connectivity index (χ2n) is 7.59. The molecular formula is C18H22F2N6. The zero-order chi connectivity index (χ0) is 17.9. The molecule has 2 aliphatic heterocycles. The maximum absolute atomic E-state index is 14.4. The van der Waals surface area contributed by atoms with Gasteiger partial charge in [-0.15, -0.1) is 0 Å². The van der Waals surface area contributed by atoms with Gasteiger partial charge in [-0.2, -0.15) is 13.9 Å². The first-order chi connectivity index (χ1) is 12.5. The molecule has 0 radical (unpaired) electrons. The van der Waals surface area contributed by atoms with E-state index in [9.17, 15) is 8.78 Å². The lowest BCUT2D eigenvalue weighted by atomic mass is 10.1. The lowest BCUT2D eigenvalue weighted by Crippen LogP contribution is -2.47. The van der Waals surface area contributed by atoms with Crippen LogP contribution >= 0.6 is 0 Å². The van der Waals surface area contributed by atoms with Gasteiger partial charge in [-0.25, -0.2) is 9.97 Å². The Morgan fingerprint density at radius 2 is 2.15 bits per heavy atom. The quantitative estimate of drug-likeness (QED) is 0.911. The summed E-state index contributed by atoms with van der Waals surface area (Å²) in [7, 11) is 0. The number of nitrogens with one attached hydrogen (secondary N) is 1. The minimum absolute atomic E-state index is 0.0908. The third-order valence-corrected chi connectivity index (χ3v) is 5.89. The molecule has 0 saturated carbocycles. The van der Waals surface area contributed by atoms with E-state index in [1.807, 2.05) is 15.8 Å². The molecule has 2 fully saturated rings. The summed E-state index contributed by atoms with van der Waals surface area (Å²) in [6.07, 6.45) is 5.88. The van der Waals surface area contributed by atoms with Crippen molar-refractivity contribution in [3.63, 3.8) is 0 Å². The standard InChI is InChI=1S/C18H22F2N6/c1-11-4-7-25(11)17-23-15(14-2-5-18(19,20)16(14)24-17)12-8-22-26(10-12)13-3-6-21-9-13/h8,10-11,13,21H,2-7,9H2,1H3/t11-,13-/m0/s1. The van der Waals surface area contributed by atoms with Gasteiger partial charge in [0.25, 0.3) is 5.92 Å². The predicted molar refractivity (Wildman–Crippen MR) is 93.4 cm³/mol. The molecule has 138 valence electrons. The number of aromatic nitrogens is 4. The first-order valence-electron chi connectivity index (χ1n) is 9.34. The van der Waals surface area contributed by atoms with Gasteiger partial charge in [-0.1, -0.05) is 0 Å². The average molecular weight is 360 g/mol. The number of nitrogens with zero attached hydrogens (tertiary/aromatic N) is 5. The molecule has 3 aliphatic rings. The van der Waals surface area contributed by atoms with Crippen LogP contribution in [0.1, 0.15) is 43.5 Å².